The fraction of sp³-hybridized carbons (Fsp3) is 0.471. The molecule has 220 valence electrons. The molecule has 2 aromatic carbocycles. The Bertz CT molecular complexity index is 1320. The number of para-hydroxylation sites is 1. The van der Waals surface area contributed by atoms with Crippen LogP contribution in [0, 0.1) is 0 Å². The predicted octanol–water partition coefficient (Wildman–Crippen LogP) is 7.56. The lowest BCUT2D eigenvalue weighted by molar-refractivity contribution is -0.301. The SMILES string of the molecule is CC(C)c1c(C(=O)Nc2ccccc2)c(-c2ccccc2)cn1CC[C@@H]1C[C@H](CC(=O)OC(C)(C)C)OC(C)(C)O1. The van der Waals surface area contributed by atoms with E-state index in [9.17, 15) is 9.59 Å². The van der Waals surface area contributed by atoms with E-state index in [0.717, 1.165) is 22.5 Å². The zero-order valence-corrected chi connectivity index (χ0v) is 25.4. The Morgan fingerprint density at radius 3 is 2.22 bits per heavy atom. The number of amides is 1. The Morgan fingerprint density at radius 2 is 1.61 bits per heavy atom. The lowest BCUT2D eigenvalue weighted by Crippen LogP contribution is -2.46. The molecule has 1 aliphatic rings. The first-order valence-corrected chi connectivity index (χ1v) is 14.5. The quantitative estimate of drug-likeness (QED) is 0.273. The Balaban J connectivity index is 1.59. The highest BCUT2D eigenvalue weighted by Gasteiger charge is 2.37. The topological polar surface area (TPSA) is 78.8 Å². The molecule has 0 saturated carbocycles. The molecule has 1 aromatic heterocycles. The maximum absolute atomic E-state index is 13.8. The molecule has 1 aliphatic heterocycles. The van der Waals surface area contributed by atoms with Crippen LogP contribution in [-0.4, -0.2) is 40.0 Å². The Labute approximate surface area is 244 Å². The zero-order chi connectivity index (χ0) is 29.8. The highest BCUT2D eigenvalue weighted by molar-refractivity contribution is 6.10. The van der Waals surface area contributed by atoms with Crippen molar-refractivity contribution in [1.82, 2.24) is 4.57 Å². The van der Waals surface area contributed by atoms with Crippen molar-refractivity contribution in [3.05, 3.63) is 78.1 Å². The average molecular weight is 561 g/mol. The summed E-state index contributed by atoms with van der Waals surface area (Å²) < 4.78 is 20.1. The van der Waals surface area contributed by atoms with Gasteiger partial charge < -0.3 is 24.1 Å². The molecule has 0 aliphatic carbocycles. The molecule has 1 amide bonds. The van der Waals surface area contributed by atoms with E-state index in [4.69, 9.17) is 14.2 Å². The Morgan fingerprint density at radius 1 is 1.00 bits per heavy atom. The molecule has 0 spiro atoms. The molecule has 1 saturated heterocycles. The standard InChI is InChI=1S/C34H44N2O5/c1-23(2)31-30(32(38)35-25-16-12-9-13-17-25)28(24-14-10-8-11-15-24)22-36(31)19-18-26-20-27(40-34(6,7)39-26)21-29(37)41-33(3,4)5/h8-17,22-23,26-27H,18-21H2,1-7H3,(H,35,38)/t26-,27-/m1/s1. The van der Waals surface area contributed by atoms with Crippen LogP contribution in [0.15, 0.2) is 66.9 Å². The van der Waals surface area contributed by atoms with Gasteiger partial charge in [-0.25, -0.2) is 0 Å². The first-order chi connectivity index (χ1) is 19.3. The summed E-state index contributed by atoms with van der Waals surface area (Å²) in [4.78, 5) is 26.3. The predicted molar refractivity (Wildman–Crippen MR) is 162 cm³/mol. The summed E-state index contributed by atoms with van der Waals surface area (Å²) in [6, 6.07) is 19.6. The third-order valence-corrected chi connectivity index (χ3v) is 6.94. The number of carbonyl (C=O) groups is 2. The summed E-state index contributed by atoms with van der Waals surface area (Å²) in [5.74, 6) is -1.11. The summed E-state index contributed by atoms with van der Waals surface area (Å²) >= 11 is 0. The summed E-state index contributed by atoms with van der Waals surface area (Å²) in [7, 11) is 0. The second-order valence-corrected chi connectivity index (χ2v) is 12.5. The monoisotopic (exact) mass is 560 g/mol. The van der Waals surface area contributed by atoms with Gasteiger partial charge in [0.2, 0.25) is 0 Å². The van der Waals surface area contributed by atoms with Crippen molar-refractivity contribution < 1.29 is 23.8 Å². The molecule has 0 unspecified atom stereocenters. The van der Waals surface area contributed by atoms with E-state index >= 15 is 0 Å². The number of hydrogen-bond donors (Lipinski definition) is 1. The molecule has 7 nitrogen and oxygen atoms in total. The van der Waals surface area contributed by atoms with Gasteiger partial charge in [0.15, 0.2) is 5.79 Å². The molecule has 41 heavy (non-hydrogen) atoms. The van der Waals surface area contributed by atoms with Crippen molar-refractivity contribution >= 4 is 17.6 Å². The van der Waals surface area contributed by atoms with E-state index in [0.29, 0.717) is 24.9 Å². The van der Waals surface area contributed by atoms with E-state index in [2.05, 4.69) is 29.9 Å². The number of hydrogen-bond acceptors (Lipinski definition) is 5. The van der Waals surface area contributed by atoms with Crippen molar-refractivity contribution in [3.63, 3.8) is 0 Å². The summed E-state index contributed by atoms with van der Waals surface area (Å²) in [5, 5.41) is 3.10. The Hall–Kier alpha value is -3.42. The molecule has 0 bridgehead atoms. The number of carbonyl (C=O) groups excluding carboxylic acids is 2. The first kappa shape index (κ1) is 30.5. The largest absolute Gasteiger partial charge is 0.460 e. The third-order valence-electron chi connectivity index (χ3n) is 6.94. The van der Waals surface area contributed by atoms with Crippen LogP contribution < -0.4 is 5.32 Å². The second kappa shape index (κ2) is 12.6. The van der Waals surface area contributed by atoms with Gasteiger partial charge in [-0.05, 0) is 64.7 Å². The molecule has 0 radical (unpaired) electrons. The molecular weight excluding hydrogens is 516 g/mol. The van der Waals surface area contributed by atoms with E-state index in [-0.39, 0.29) is 36.4 Å². The highest BCUT2D eigenvalue weighted by Crippen LogP contribution is 2.35. The van der Waals surface area contributed by atoms with Crippen molar-refractivity contribution in [3.8, 4) is 11.1 Å². The van der Waals surface area contributed by atoms with Gasteiger partial charge in [0.25, 0.3) is 5.91 Å². The maximum atomic E-state index is 13.8. The van der Waals surface area contributed by atoms with Crippen LogP contribution in [0.4, 0.5) is 5.69 Å². The fourth-order valence-electron chi connectivity index (χ4n) is 5.54. The number of rotatable bonds is 9. The van der Waals surface area contributed by atoms with Gasteiger partial charge in [-0.2, -0.15) is 0 Å². The van der Waals surface area contributed by atoms with E-state index in [1.54, 1.807) is 0 Å². The molecular formula is C34H44N2O5. The normalized spacial score (nSPS) is 18.7. The maximum Gasteiger partial charge on any atom is 0.308 e. The minimum atomic E-state index is -0.816. The molecule has 2 atom stereocenters. The van der Waals surface area contributed by atoms with Crippen LogP contribution in [0.5, 0.6) is 0 Å². The molecule has 1 fully saturated rings. The van der Waals surface area contributed by atoms with E-state index < -0.39 is 11.4 Å². The lowest BCUT2D eigenvalue weighted by Gasteiger charge is -2.41. The molecule has 7 heteroatoms. The van der Waals surface area contributed by atoms with Gasteiger partial charge in [0, 0.05) is 36.1 Å². The van der Waals surface area contributed by atoms with Crippen molar-refractivity contribution in [2.75, 3.05) is 5.32 Å². The molecule has 2 heterocycles. The fourth-order valence-corrected chi connectivity index (χ4v) is 5.54. The number of nitrogens with zero attached hydrogens (tertiary/aromatic N) is 1. The summed E-state index contributed by atoms with van der Waals surface area (Å²) in [6.07, 6.45) is 3.17. The molecule has 4 rings (SSSR count). The Kier molecular flexibility index (Phi) is 9.40. The number of anilines is 1. The van der Waals surface area contributed by atoms with Crippen LogP contribution in [0.3, 0.4) is 0 Å². The van der Waals surface area contributed by atoms with Gasteiger partial charge in [-0.15, -0.1) is 0 Å². The van der Waals surface area contributed by atoms with E-state index in [1.165, 1.54) is 0 Å². The van der Waals surface area contributed by atoms with Gasteiger partial charge in [-0.3, -0.25) is 9.59 Å². The van der Waals surface area contributed by atoms with Gasteiger partial charge in [0.1, 0.15) is 5.60 Å². The minimum absolute atomic E-state index is 0.107. The van der Waals surface area contributed by atoms with Gasteiger partial charge in [-0.1, -0.05) is 62.4 Å². The van der Waals surface area contributed by atoms with Crippen molar-refractivity contribution in [2.45, 2.75) is 104 Å². The number of aromatic nitrogens is 1. The number of esters is 1. The summed E-state index contributed by atoms with van der Waals surface area (Å²) in [6.45, 7) is 14.3. The zero-order valence-electron chi connectivity index (χ0n) is 25.4. The van der Waals surface area contributed by atoms with Crippen LogP contribution in [-0.2, 0) is 25.5 Å². The second-order valence-electron chi connectivity index (χ2n) is 12.5. The number of ether oxygens (including phenoxy) is 3. The molecule has 1 N–H and O–H groups in total. The third kappa shape index (κ3) is 8.30. The lowest BCUT2D eigenvalue weighted by atomic mass is 9.97. The van der Waals surface area contributed by atoms with E-state index in [1.807, 2.05) is 95.3 Å². The number of aryl methyl sites for hydroxylation is 1. The van der Waals surface area contributed by atoms with Gasteiger partial charge >= 0.3 is 5.97 Å². The minimum Gasteiger partial charge on any atom is -0.460 e. The average Bonchev–Trinajstić information content (AvgIpc) is 3.27. The molecule has 3 aromatic rings. The van der Waals surface area contributed by atoms with Crippen molar-refractivity contribution in [1.29, 1.82) is 0 Å². The first-order valence-electron chi connectivity index (χ1n) is 14.5. The van der Waals surface area contributed by atoms with Crippen LogP contribution in [0.2, 0.25) is 0 Å². The van der Waals surface area contributed by atoms with Crippen LogP contribution in [0.1, 0.15) is 89.7 Å². The summed E-state index contributed by atoms with van der Waals surface area (Å²) in [5.41, 5.74) is 3.78. The van der Waals surface area contributed by atoms with Gasteiger partial charge in [0.05, 0.1) is 24.2 Å². The van der Waals surface area contributed by atoms with Crippen LogP contribution >= 0.6 is 0 Å². The van der Waals surface area contributed by atoms with Crippen molar-refractivity contribution in [2.24, 2.45) is 0 Å². The van der Waals surface area contributed by atoms with Crippen LogP contribution in [0.25, 0.3) is 11.1 Å². The smallest absolute Gasteiger partial charge is 0.308 e. The number of nitrogens with one attached hydrogen (secondary N) is 1. The number of benzene rings is 2. The highest BCUT2D eigenvalue weighted by atomic mass is 16.7.